The van der Waals surface area contributed by atoms with E-state index < -0.39 is 46.9 Å². The van der Waals surface area contributed by atoms with Crippen LogP contribution in [0.25, 0.3) is 0 Å². The zero-order valence-electron chi connectivity index (χ0n) is 33.2. The molecule has 4 rings (SSSR count). The van der Waals surface area contributed by atoms with Crippen molar-refractivity contribution in [3.05, 3.63) is 60.2 Å². The molecule has 14 heteroatoms. The van der Waals surface area contributed by atoms with Gasteiger partial charge in [-0.25, -0.2) is 9.29 Å². The highest BCUT2D eigenvalue weighted by Gasteiger charge is 2.42. The van der Waals surface area contributed by atoms with Crippen LogP contribution < -0.4 is 16.0 Å². The lowest BCUT2D eigenvalue weighted by Crippen LogP contribution is -2.57. The third-order valence-corrected chi connectivity index (χ3v) is 9.82. The van der Waals surface area contributed by atoms with Crippen LogP contribution in [0.3, 0.4) is 0 Å². The number of aromatic nitrogens is 2. The predicted octanol–water partition coefficient (Wildman–Crippen LogP) is 5.43. The molecule has 1 aromatic heterocycles. The molecule has 1 aromatic carbocycles. The van der Waals surface area contributed by atoms with Gasteiger partial charge in [-0.3, -0.25) is 33.8 Å². The molecule has 3 N–H and O–H groups in total. The Morgan fingerprint density at radius 3 is 2.06 bits per heavy atom. The second-order valence-electron chi connectivity index (χ2n) is 14.6. The van der Waals surface area contributed by atoms with Crippen molar-refractivity contribution in [1.82, 2.24) is 35.1 Å². The molecule has 2 heterocycles. The molecule has 0 radical (unpaired) electrons. The van der Waals surface area contributed by atoms with Gasteiger partial charge in [0.2, 0.25) is 22.7 Å². The van der Waals surface area contributed by atoms with E-state index >= 15 is 0 Å². The van der Waals surface area contributed by atoms with E-state index in [1.807, 2.05) is 30.3 Å². The van der Waals surface area contributed by atoms with Crippen LogP contribution >= 0.6 is 11.9 Å². The lowest BCUT2D eigenvalue weighted by atomic mass is 9.85. The van der Waals surface area contributed by atoms with E-state index in [2.05, 4.69) is 39.8 Å². The number of benzene rings is 1. The SMILES string of the molecule is C1CCCCC1.CCC.CCN(CC(=O)C(=O)N[C@H](C)c1ccccc1)SC(=O)C1CCCN1C(=O)C(NC(=O)CNC(=O)c1cnccn1)C(C)(C)C. The summed E-state index contributed by atoms with van der Waals surface area (Å²) in [5.41, 5.74) is 0.199. The van der Waals surface area contributed by atoms with E-state index in [0.717, 1.165) is 17.5 Å². The smallest absolute Gasteiger partial charge is 0.289 e. The fraction of sp³-hybridized carbons (Fsp3) is 0.600. The van der Waals surface area contributed by atoms with E-state index in [0.29, 0.717) is 25.9 Å². The molecule has 4 amide bonds. The molecule has 54 heavy (non-hydrogen) atoms. The summed E-state index contributed by atoms with van der Waals surface area (Å²) in [7, 11) is 0. The van der Waals surface area contributed by atoms with Crippen LogP contribution in [0, 0.1) is 5.41 Å². The lowest BCUT2D eigenvalue weighted by molar-refractivity contribution is -0.141. The molecule has 1 aliphatic heterocycles. The first kappa shape index (κ1) is 46.0. The third kappa shape index (κ3) is 16.1. The van der Waals surface area contributed by atoms with Crippen LogP contribution in [-0.2, 0) is 24.0 Å². The van der Waals surface area contributed by atoms with Crippen molar-refractivity contribution in [2.24, 2.45) is 5.41 Å². The topological polar surface area (TPSA) is 171 Å². The first-order valence-electron chi connectivity index (χ1n) is 19.2. The second kappa shape index (κ2) is 24.3. The monoisotopic (exact) mass is 767 g/mol. The standard InChI is InChI=1S/C31H41N7O6S.C6H12.C3H8/c1-6-37(19-24(39)28(42)35-20(2)21-11-8-7-9-12-21)45-30(44)23-13-10-16-38(23)29(43)26(31(3,4)5)36-25(40)18-34-27(41)22-17-32-14-15-33-22;1-2-4-6-5-3-1;1-3-2/h7-9,11-12,14-15,17,20,23,26H,6,10,13,16,18-19H2,1-5H3,(H,34,41)(H,35,42)(H,36,40);1-6H2;3H2,1-2H3/t20-,23?,26?;;/m1../s1. The largest absolute Gasteiger partial charge is 0.343 e. The first-order chi connectivity index (χ1) is 25.7. The number of hydrogen-bond donors (Lipinski definition) is 3. The van der Waals surface area contributed by atoms with Gasteiger partial charge in [0.1, 0.15) is 17.8 Å². The quantitative estimate of drug-likeness (QED) is 0.177. The minimum atomic E-state index is -0.976. The zero-order chi connectivity index (χ0) is 40.1. The van der Waals surface area contributed by atoms with E-state index in [1.165, 1.54) is 72.7 Å². The molecule has 0 spiro atoms. The van der Waals surface area contributed by atoms with Gasteiger partial charge in [0.05, 0.1) is 25.3 Å². The Morgan fingerprint density at radius 1 is 0.907 bits per heavy atom. The number of nitrogens with zero attached hydrogens (tertiary/aromatic N) is 4. The zero-order valence-corrected chi connectivity index (χ0v) is 34.0. The number of likely N-dealkylation sites (N-methyl/N-ethyl adjacent to an activating group) is 1. The number of nitrogens with one attached hydrogen (secondary N) is 3. The van der Waals surface area contributed by atoms with Gasteiger partial charge in [-0.2, -0.15) is 0 Å². The van der Waals surface area contributed by atoms with Gasteiger partial charge in [0, 0.05) is 25.5 Å². The Bertz CT molecular complexity index is 1470. The molecule has 2 aliphatic rings. The number of likely N-dealkylation sites (tertiary alicyclic amines) is 1. The lowest BCUT2D eigenvalue weighted by Gasteiger charge is -2.35. The third-order valence-electron chi connectivity index (χ3n) is 8.72. The van der Waals surface area contributed by atoms with Crippen molar-refractivity contribution < 1.29 is 28.8 Å². The average Bonchev–Trinajstić information content (AvgIpc) is 3.67. The molecule has 0 bridgehead atoms. The van der Waals surface area contributed by atoms with Crippen molar-refractivity contribution in [3.8, 4) is 0 Å². The summed E-state index contributed by atoms with van der Waals surface area (Å²) in [6.45, 7) is 13.2. The highest BCUT2D eigenvalue weighted by Crippen LogP contribution is 2.29. The summed E-state index contributed by atoms with van der Waals surface area (Å²) in [6.07, 6.45) is 15.3. The van der Waals surface area contributed by atoms with Gasteiger partial charge in [-0.15, -0.1) is 0 Å². The molecule has 3 atom stereocenters. The number of amides is 4. The van der Waals surface area contributed by atoms with Gasteiger partial charge in [-0.05, 0) is 42.7 Å². The summed E-state index contributed by atoms with van der Waals surface area (Å²) in [5, 5.41) is 7.55. The van der Waals surface area contributed by atoms with Crippen LogP contribution in [0.15, 0.2) is 48.9 Å². The fourth-order valence-electron chi connectivity index (χ4n) is 5.76. The number of rotatable bonds is 13. The minimum absolute atomic E-state index is 0.0508. The van der Waals surface area contributed by atoms with Crippen molar-refractivity contribution in [3.63, 3.8) is 0 Å². The van der Waals surface area contributed by atoms with Crippen LogP contribution in [0.1, 0.15) is 128 Å². The van der Waals surface area contributed by atoms with Crippen LogP contribution in [-0.4, -0.2) is 92.0 Å². The summed E-state index contributed by atoms with van der Waals surface area (Å²) >= 11 is 0.820. The van der Waals surface area contributed by atoms with E-state index in [1.54, 1.807) is 34.6 Å². The van der Waals surface area contributed by atoms with Crippen molar-refractivity contribution >= 4 is 46.5 Å². The average molecular weight is 768 g/mol. The van der Waals surface area contributed by atoms with Crippen molar-refractivity contribution in [1.29, 1.82) is 0 Å². The summed E-state index contributed by atoms with van der Waals surface area (Å²) in [6, 6.07) is 7.15. The van der Waals surface area contributed by atoms with E-state index in [9.17, 15) is 28.8 Å². The predicted molar refractivity (Wildman–Crippen MR) is 212 cm³/mol. The highest BCUT2D eigenvalue weighted by atomic mass is 32.2. The molecule has 2 aromatic rings. The second-order valence-corrected chi connectivity index (χ2v) is 15.7. The molecule has 13 nitrogen and oxygen atoms in total. The highest BCUT2D eigenvalue weighted by molar-refractivity contribution is 8.11. The number of carbonyl (C=O) groups excluding carboxylic acids is 6. The maximum Gasteiger partial charge on any atom is 0.289 e. The van der Waals surface area contributed by atoms with Crippen LogP contribution in [0.2, 0.25) is 0 Å². The maximum atomic E-state index is 13.8. The number of hydrogen-bond acceptors (Lipinski definition) is 10. The maximum absolute atomic E-state index is 13.8. The molecule has 2 unspecified atom stereocenters. The Labute approximate surface area is 325 Å². The summed E-state index contributed by atoms with van der Waals surface area (Å²) < 4.78 is 1.50. The normalized spacial score (nSPS) is 16.4. The van der Waals surface area contributed by atoms with Crippen molar-refractivity contribution in [2.75, 3.05) is 26.2 Å². The van der Waals surface area contributed by atoms with Crippen LogP contribution in [0.4, 0.5) is 0 Å². The molecular formula is C40H61N7O6S. The Hall–Kier alpha value is -4.17. The summed E-state index contributed by atoms with van der Waals surface area (Å²) in [4.78, 5) is 86.7. The molecule has 1 saturated carbocycles. The Kier molecular flexibility index (Phi) is 20.7. The molecule has 2 fully saturated rings. The van der Waals surface area contributed by atoms with Crippen LogP contribution in [0.5, 0.6) is 0 Å². The molecular weight excluding hydrogens is 707 g/mol. The van der Waals surface area contributed by atoms with Gasteiger partial charge >= 0.3 is 0 Å². The fourth-order valence-corrected chi connectivity index (χ4v) is 6.69. The van der Waals surface area contributed by atoms with E-state index in [4.69, 9.17) is 0 Å². The Morgan fingerprint density at radius 2 is 1.52 bits per heavy atom. The molecule has 298 valence electrons. The van der Waals surface area contributed by atoms with Crippen molar-refractivity contribution in [2.45, 2.75) is 124 Å². The number of Topliss-reactive ketones (excluding diaryl/α,β-unsaturated/α-hetero) is 1. The van der Waals surface area contributed by atoms with Gasteiger partial charge in [0.25, 0.3) is 11.8 Å². The van der Waals surface area contributed by atoms with E-state index in [-0.39, 0.29) is 29.9 Å². The Balaban J connectivity index is 0.000000988. The first-order valence-corrected chi connectivity index (χ1v) is 20.0. The van der Waals surface area contributed by atoms with Gasteiger partial charge in [-0.1, -0.05) is 117 Å². The number of ketones is 1. The summed E-state index contributed by atoms with van der Waals surface area (Å²) in [5.74, 6) is -3.00. The number of carbonyl (C=O) groups is 6. The molecule has 1 aliphatic carbocycles. The van der Waals surface area contributed by atoms with Gasteiger partial charge < -0.3 is 20.9 Å². The van der Waals surface area contributed by atoms with Gasteiger partial charge in [0.15, 0.2) is 0 Å². The minimum Gasteiger partial charge on any atom is -0.343 e. The molecule has 1 saturated heterocycles.